The molecule has 10 atom stereocenters. The van der Waals surface area contributed by atoms with Crippen molar-refractivity contribution in [2.75, 3.05) is 5.88 Å². The van der Waals surface area contributed by atoms with Crippen LogP contribution in [0.15, 0.2) is 0 Å². The van der Waals surface area contributed by atoms with Crippen molar-refractivity contribution in [2.45, 2.75) is 103 Å². The Morgan fingerprint density at radius 1 is 1.14 bits per heavy atom. The van der Waals surface area contributed by atoms with Crippen molar-refractivity contribution in [2.24, 2.45) is 29.6 Å². The Labute approximate surface area is 217 Å². The van der Waals surface area contributed by atoms with Gasteiger partial charge in [0.05, 0.1) is 12.0 Å². The monoisotopic (exact) mass is 530 g/mol. The van der Waals surface area contributed by atoms with Gasteiger partial charge in [0.2, 0.25) is 0 Å². The van der Waals surface area contributed by atoms with Gasteiger partial charge in [-0.15, -0.1) is 11.6 Å². The molecule has 3 rings (SSSR count). The van der Waals surface area contributed by atoms with Gasteiger partial charge >= 0.3 is 17.9 Å². The molecule has 10 heteroatoms. The lowest BCUT2D eigenvalue weighted by Gasteiger charge is -2.55. The second-order valence-electron chi connectivity index (χ2n) is 11.3. The minimum absolute atomic E-state index is 0.0148. The molecule has 0 amide bonds. The molecule has 0 spiro atoms. The molecule has 3 fully saturated rings. The molecule has 9 nitrogen and oxygen atoms in total. The highest BCUT2D eigenvalue weighted by Gasteiger charge is 2.70. The first kappa shape index (κ1) is 28.9. The van der Waals surface area contributed by atoms with Crippen molar-refractivity contribution in [1.29, 1.82) is 0 Å². The number of esters is 3. The summed E-state index contributed by atoms with van der Waals surface area (Å²) in [6.45, 7) is 11.3. The lowest BCUT2D eigenvalue weighted by atomic mass is 9.55. The van der Waals surface area contributed by atoms with E-state index in [9.17, 15) is 24.3 Å². The minimum Gasteiger partial charge on any atom is -0.458 e. The summed E-state index contributed by atoms with van der Waals surface area (Å²) in [4.78, 5) is 49.5. The highest BCUT2D eigenvalue weighted by atomic mass is 35.5. The number of Topliss-reactive ketones (excluding diaryl/α,β-unsaturated/α-hetero) is 1. The smallest absolute Gasteiger partial charge is 0.303 e. The van der Waals surface area contributed by atoms with Gasteiger partial charge in [0.1, 0.15) is 29.2 Å². The number of ether oxygens (including phenoxy) is 4. The quantitative estimate of drug-likeness (QED) is 0.324. The predicted octanol–water partition coefficient (Wildman–Crippen LogP) is 2.82. The van der Waals surface area contributed by atoms with E-state index < -0.39 is 71.3 Å². The molecule has 3 aliphatic rings. The third kappa shape index (κ3) is 5.16. The molecule has 0 radical (unpaired) electrons. The number of carbonyl (C=O) groups excluding carboxylic acids is 4. The molecular weight excluding hydrogens is 492 g/mol. The van der Waals surface area contributed by atoms with Crippen LogP contribution in [0.25, 0.3) is 0 Å². The van der Waals surface area contributed by atoms with Crippen LogP contribution in [-0.2, 0) is 38.1 Å². The second kappa shape index (κ2) is 10.6. The Morgan fingerprint density at radius 2 is 1.75 bits per heavy atom. The molecule has 204 valence electrons. The van der Waals surface area contributed by atoms with E-state index in [1.165, 1.54) is 20.8 Å². The topological polar surface area (TPSA) is 125 Å². The van der Waals surface area contributed by atoms with Crippen molar-refractivity contribution in [3.63, 3.8) is 0 Å². The number of aliphatic hydroxyl groups is 1. The highest BCUT2D eigenvalue weighted by Crippen LogP contribution is 2.58. The fourth-order valence-corrected chi connectivity index (χ4v) is 7.22. The van der Waals surface area contributed by atoms with Crippen LogP contribution in [0.1, 0.15) is 67.7 Å². The fourth-order valence-electron chi connectivity index (χ4n) is 6.89. The number of rotatable bonds is 5. The Morgan fingerprint density at radius 3 is 2.25 bits per heavy atom. The molecule has 1 aliphatic carbocycles. The van der Waals surface area contributed by atoms with E-state index in [1.807, 2.05) is 20.8 Å². The van der Waals surface area contributed by atoms with Crippen LogP contribution in [0, 0.1) is 29.6 Å². The third-order valence-electron chi connectivity index (χ3n) is 8.24. The first-order valence-electron chi connectivity index (χ1n) is 12.7. The van der Waals surface area contributed by atoms with Crippen molar-refractivity contribution in [1.82, 2.24) is 0 Å². The summed E-state index contributed by atoms with van der Waals surface area (Å²) in [5.74, 6) is -4.11. The van der Waals surface area contributed by atoms with Gasteiger partial charge in [0.25, 0.3) is 0 Å². The second-order valence-corrected chi connectivity index (χ2v) is 11.5. The summed E-state index contributed by atoms with van der Waals surface area (Å²) in [7, 11) is 0. The van der Waals surface area contributed by atoms with Gasteiger partial charge in [-0.25, -0.2) is 0 Å². The average Bonchev–Trinajstić information content (AvgIpc) is 3.14. The third-order valence-corrected chi connectivity index (χ3v) is 8.67. The number of alkyl halides is 1. The molecule has 10 unspecified atom stereocenters. The van der Waals surface area contributed by atoms with Crippen LogP contribution >= 0.6 is 11.6 Å². The lowest BCUT2D eigenvalue weighted by molar-refractivity contribution is -0.239. The van der Waals surface area contributed by atoms with Crippen molar-refractivity contribution >= 4 is 35.3 Å². The van der Waals surface area contributed by atoms with Gasteiger partial charge in [-0.2, -0.15) is 0 Å². The normalized spacial score (nSPS) is 42.6. The van der Waals surface area contributed by atoms with Gasteiger partial charge in [0.15, 0.2) is 6.10 Å². The van der Waals surface area contributed by atoms with Crippen LogP contribution in [0.3, 0.4) is 0 Å². The van der Waals surface area contributed by atoms with Crippen LogP contribution in [-0.4, -0.2) is 70.3 Å². The van der Waals surface area contributed by atoms with E-state index in [4.69, 9.17) is 30.5 Å². The Kier molecular flexibility index (Phi) is 8.48. The SMILES string of the molecule is CC(=O)OC1C(C(C)C)C2C3OC(CC(C)C(=O)CCC3(C)OC(C)=O)C2C(O)(CCl)C1OC(C)=O. The molecule has 2 heterocycles. The van der Waals surface area contributed by atoms with Crippen molar-refractivity contribution < 1.29 is 43.2 Å². The Bertz CT molecular complexity index is 891. The zero-order valence-electron chi connectivity index (χ0n) is 22.1. The molecule has 2 saturated heterocycles. The van der Waals surface area contributed by atoms with E-state index in [-0.39, 0.29) is 36.3 Å². The molecule has 36 heavy (non-hydrogen) atoms. The standard InChI is InChI=1S/C26H39ClO9/c1-12(2)19-20-21(26(32,11-27)24(34-15(5)29)22(19)33-14(4)28)18-10-13(3)17(31)8-9-25(7,23(20)35-18)36-16(6)30/h12-13,18-24,32H,8-11H2,1-7H3. The Balaban J connectivity index is 2.27. The molecule has 1 N–H and O–H groups in total. The average molecular weight is 531 g/mol. The minimum atomic E-state index is -1.83. The van der Waals surface area contributed by atoms with Crippen LogP contribution in [0.5, 0.6) is 0 Å². The molecule has 0 aromatic carbocycles. The van der Waals surface area contributed by atoms with Crippen LogP contribution < -0.4 is 0 Å². The molecule has 0 aromatic heterocycles. The Hall–Kier alpha value is -1.71. The van der Waals surface area contributed by atoms with E-state index in [0.717, 1.165) is 0 Å². The fraction of sp³-hybridized carbons (Fsp3) is 0.846. The number of ketones is 1. The van der Waals surface area contributed by atoms with E-state index in [2.05, 4.69) is 0 Å². The lowest BCUT2D eigenvalue weighted by Crippen LogP contribution is -2.70. The number of fused-ring (bicyclic) bond motifs is 5. The zero-order valence-corrected chi connectivity index (χ0v) is 22.9. The van der Waals surface area contributed by atoms with E-state index >= 15 is 0 Å². The van der Waals surface area contributed by atoms with Gasteiger partial charge in [0, 0.05) is 50.9 Å². The summed E-state index contributed by atoms with van der Waals surface area (Å²) in [5, 5.41) is 12.2. The summed E-state index contributed by atoms with van der Waals surface area (Å²) < 4.78 is 23.9. The van der Waals surface area contributed by atoms with Gasteiger partial charge in [-0.3, -0.25) is 19.2 Å². The molecule has 1 saturated carbocycles. The highest BCUT2D eigenvalue weighted by molar-refractivity contribution is 6.18. The number of carbonyl (C=O) groups is 4. The molecule has 2 bridgehead atoms. The van der Waals surface area contributed by atoms with Crippen LogP contribution in [0.4, 0.5) is 0 Å². The predicted molar refractivity (Wildman–Crippen MR) is 129 cm³/mol. The summed E-state index contributed by atoms with van der Waals surface area (Å²) >= 11 is 6.43. The maximum atomic E-state index is 12.9. The maximum absolute atomic E-state index is 12.9. The molecule has 0 aromatic rings. The van der Waals surface area contributed by atoms with Gasteiger partial charge < -0.3 is 24.1 Å². The number of hydrogen-bond acceptors (Lipinski definition) is 9. The van der Waals surface area contributed by atoms with Crippen molar-refractivity contribution in [3.05, 3.63) is 0 Å². The van der Waals surface area contributed by atoms with Crippen molar-refractivity contribution in [3.8, 4) is 0 Å². The number of hydrogen-bond donors (Lipinski definition) is 1. The number of halogens is 1. The van der Waals surface area contributed by atoms with Gasteiger partial charge in [-0.1, -0.05) is 20.8 Å². The van der Waals surface area contributed by atoms with Gasteiger partial charge in [-0.05, 0) is 25.7 Å². The molecular formula is C26H39ClO9. The molecule has 2 aliphatic heterocycles. The summed E-state index contributed by atoms with van der Waals surface area (Å²) in [6.07, 6.45) is -2.83. The first-order chi connectivity index (χ1) is 16.7. The van der Waals surface area contributed by atoms with E-state index in [0.29, 0.717) is 6.42 Å². The first-order valence-corrected chi connectivity index (χ1v) is 13.2. The van der Waals surface area contributed by atoms with Crippen LogP contribution in [0.2, 0.25) is 0 Å². The largest absolute Gasteiger partial charge is 0.458 e. The zero-order chi connectivity index (χ0) is 27.2. The maximum Gasteiger partial charge on any atom is 0.303 e. The summed E-state index contributed by atoms with van der Waals surface area (Å²) in [5.41, 5.74) is -3.01. The summed E-state index contributed by atoms with van der Waals surface area (Å²) in [6, 6.07) is 0. The van der Waals surface area contributed by atoms with E-state index in [1.54, 1.807) is 6.92 Å².